The molecule has 0 unspecified atom stereocenters. The van der Waals surface area contributed by atoms with Crippen LogP contribution in [0.1, 0.15) is 11.1 Å². The van der Waals surface area contributed by atoms with Gasteiger partial charge in [0, 0.05) is 54.1 Å². The van der Waals surface area contributed by atoms with Crippen molar-refractivity contribution in [2.24, 2.45) is 7.05 Å². The van der Waals surface area contributed by atoms with Gasteiger partial charge in [-0.25, -0.2) is 0 Å². The van der Waals surface area contributed by atoms with E-state index < -0.39 is 17.5 Å². The molecule has 2 N–H and O–H groups in total. The molecule has 0 radical (unpaired) electrons. The Morgan fingerprint density at radius 1 is 1.10 bits per heavy atom. The molecule has 0 fully saturated rings. The number of rotatable bonds is 4. The molecule has 0 saturated carbocycles. The molecule has 0 aliphatic heterocycles. The minimum Gasteiger partial charge on any atom is -0.507 e. The molecular formula is C19H15F3N6O. The number of halogens is 3. The average Bonchev–Trinajstić information content (AvgIpc) is 3.11. The summed E-state index contributed by atoms with van der Waals surface area (Å²) in [7, 11) is 1.81. The fourth-order valence-electron chi connectivity index (χ4n) is 2.98. The number of nitrogens with zero attached hydrogens (tertiary/aromatic N) is 5. The van der Waals surface area contributed by atoms with Crippen molar-refractivity contribution in [3.63, 3.8) is 0 Å². The number of anilines is 1. The molecule has 0 bridgehead atoms. The summed E-state index contributed by atoms with van der Waals surface area (Å²) in [5.74, 6) is -0.0598. The number of hydrogen-bond acceptors (Lipinski definition) is 6. The third kappa shape index (κ3) is 3.68. The van der Waals surface area contributed by atoms with Crippen molar-refractivity contribution in [3.8, 4) is 17.0 Å². The van der Waals surface area contributed by atoms with Gasteiger partial charge in [0.1, 0.15) is 11.4 Å². The van der Waals surface area contributed by atoms with Crippen LogP contribution in [0.3, 0.4) is 0 Å². The summed E-state index contributed by atoms with van der Waals surface area (Å²) in [4.78, 5) is 4.10. The van der Waals surface area contributed by atoms with E-state index in [4.69, 9.17) is 0 Å². The first-order valence-corrected chi connectivity index (χ1v) is 8.55. The molecule has 1 aromatic carbocycles. The first-order chi connectivity index (χ1) is 13.8. The molecule has 10 heteroatoms. The lowest BCUT2D eigenvalue weighted by Crippen LogP contribution is -2.05. The van der Waals surface area contributed by atoms with Crippen LogP contribution in [0, 0.1) is 0 Å². The third-order valence-corrected chi connectivity index (χ3v) is 4.38. The number of fused-ring (bicyclic) bond motifs is 1. The predicted molar refractivity (Wildman–Crippen MR) is 100.0 cm³/mol. The maximum atomic E-state index is 12.9. The molecule has 29 heavy (non-hydrogen) atoms. The second-order valence-electron chi connectivity index (χ2n) is 6.42. The Hall–Kier alpha value is -3.69. The van der Waals surface area contributed by atoms with Gasteiger partial charge >= 0.3 is 6.18 Å². The molecule has 0 spiro atoms. The number of alkyl halides is 3. The lowest BCUT2D eigenvalue weighted by atomic mass is 10.0. The molecule has 0 saturated heterocycles. The van der Waals surface area contributed by atoms with Gasteiger partial charge in [-0.1, -0.05) is 0 Å². The normalized spacial score (nSPS) is 11.7. The Bertz CT molecular complexity index is 1190. The van der Waals surface area contributed by atoms with Crippen molar-refractivity contribution < 1.29 is 18.3 Å². The summed E-state index contributed by atoms with van der Waals surface area (Å²) < 4.78 is 40.3. The predicted octanol–water partition coefficient (Wildman–Crippen LogP) is 3.76. The number of benzene rings is 1. The van der Waals surface area contributed by atoms with Crippen molar-refractivity contribution in [2.75, 3.05) is 5.32 Å². The van der Waals surface area contributed by atoms with Crippen LogP contribution in [0.4, 0.5) is 19.0 Å². The van der Waals surface area contributed by atoms with Crippen LogP contribution >= 0.6 is 0 Å². The van der Waals surface area contributed by atoms with Crippen LogP contribution in [0.25, 0.3) is 22.0 Å². The van der Waals surface area contributed by atoms with Crippen LogP contribution in [0.15, 0.2) is 49.1 Å². The maximum Gasteiger partial charge on any atom is 0.416 e. The Balaban J connectivity index is 1.74. The highest BCUT2D eigenvalue weighted by Gasteiger charge is 2.31. The van der Waals surface area contributed by atoms with E-state index in [0.717, 1.165) is 11.6 Å². The molecule has 0 aliphatic carbocycles. The Morgan fingerprint density at radius 3 is 2.62 bits per heavy atom. The maximum absolute atomic E-state index is 12.9. The Morgan fingerprint density at radius 2 is 1.93 bits per heavy atom. The molecule has 4 aromatic rings. The topological polar surface area (TPSA) is 88.8 Å². The highest BCUT2D eigenvalue weighted by atomic mass is 19.4. The van der Waals surface area contributed by atoms with Gasteiger partial charge in [-0.2, -0.15) is 18.3 Å². The molecule has 4 rings (SSSR count). The molecular weight excluding hydrogens is 385 g/mol. The van der Waals surface area contributed by atoms with Crippen LogP contribution in [0.5, 0.6) is 5.75 Å². The molecule has 3 aromatic heterocycles. The lowest BCUT2D eigenvalue weighted by molar-refractivity contribution is -0.137. The minimum absolute atomic E-state index is 0.153. The van der Waals surface area contributed by atoms with E-state index in [1.54, 1.807) is 29.3 Å². The third-order valence-electron chi connectivity index (χ3n) is 4.38. The zero-order chi connectivity index (χ0) is 20.6. The summed E-state index contributed by atoms with van der Waals surface area (Å²) in [6.45, 7) is 0.456. The molecule has 3 heterocycles. The number of hydrogen-bond donors (Lipinski definition) is 2. The van der Waals surface area contributed by atoms with Gasteiger partial charge in [-0.05, 0) is 24.3 Å². The smallest absolute Gasteiger partial charge is 0.416 e. The summed E-state index contributed by atoms with van der Waals surface area (Å²) in [6, 6.07) is 4.44. The van der Waals surface area contributed by atoms with Crippen molar-refractivity contribution in [1.29, 1.82) is 0 Å². The molecule has 7 nitrogen and oxygen atoms in total. The van der Waals surface area contributed by atoms with E-state index >= 15 is 0 Å². The van der Waals surface area contributed by atoms with E-state index in [2.05, 4.69) is 25.6 Å². The standard InChI is InChI=1S/C19H15F3N6O/c1-28-10-11(8-25-28)7-24-18-15-9-23-5-4-13(15)17(26-27-18)14-3-2-12(6-16(14)29)19(20,21)22/h2-6,8-10,29H,7H2,1H3,(H,24,27). The molecule has 148 valence electrons. The number of aryl methyl sites for hydroxylation is 1. The van der Waals surface area contributed by atoms with Gasteiger partial charge in [0.05, 0.1) is 11.8 Å². The number of pyridine rings is 1. The van der Waals surface area contributed by atoms with Gasteiger partial charge in [0.25, 0.3) is 0 Å². The van der Waals surface area contributed by atoms with E-state index in [-0.39, 0.29) is 11.3 Å². The molecule has 0 amide bonds. The highest BCUT2D eigenvalue weighted by Crippen LogP contribution is 2.38. The minimum atomic E-state index is -4.55. The number of phenols is 1. The quantitative estimate of drug-likeness (QED) is 0.542. The average molecular weight is 400 g/mol. The summed E-state index contributed by atoms with van der Waals surface area (Å²) >= 11 is 0. The van der Waals surface area contributed by atoms with E-state index in [1.165, 1.54) is 6.07 Å². The highest BCUT2D eigenvalue weighted by molar-refractivity contribution is 6.00. The van der Waals surface area contributed by atoms with Crippen molar-refractivity contribution >= 4 is 16.6 Å². The van der Waals surface area contributed by atoms with Gasteiger partial charge in [-0.15, -0.1) is 10.2 Å². The van der Waals surface area contributed by atoms with Gasteiger partial charge in [0.2, 0.25) is 0 Å². The first-order valence-electron chi connectivity index (χ1n) is 8.55. The summed E-state index contributed by atoms with van der Waals surface area (Å²) in [5.41, 5.74) is 0.421. The Labute approximate surface area is 162 Å². The zero-order valence-electron chi connectivity index (χ0n) is 15.1. The molecule has 0 atom stereocenters. The van der Waals surface area contributed by atoms with Crippen molar-refractivity contribution in [1.82, 2.24) is 25.0 Å². The monoisotopic (exact) mass is 400 g/mol. The van der Waals surface area contributed by atoms with Gasteiger partial charge < -0.3 is 10.4 Å². The first kappa shape index (κ1) is 18.7. The number of phenolic OH excluding ortho intramolecular Hbond substituents is 1. The van der Waals surface area contributed by atoms with Crippen molar-refractivity contribution in [2.45, 2.75) is 12.7 Å². The molecule has 0 aliphatic rings. The van der Waals surface area contributed by atoms with E-state index in [0.29, 0.717) is 29.2 Å². The second-order valence-corrected chi connectivity index (χ2v) is 6.42. The lowest BCUT2D eigenvalue weighted by Gasteiger charge is -2.13. The fraction of sp³-hybridized carbons (Fsp3) is 0.158. The van der Waals surface area contributed by atoms with E-state index in [9.17, 15) is 18.3 Å². The summed E-state index contributed by atoms with van der Waals surface area (Å²) in [5, 5.41) is 27.0. The van der Waals surface area contributed by atoms with Crippen LogP contribution in [-0.2, 0) is 19.8 Å². The second kappa shape index (κ2) is 7.04. The zero-order valence-corrected chi connectivity index (χ0v) is 15.1. The fourth-order valence-corrected chi connectivity index (χ4v) is 2.98. The van der Waals surface area contributed by atoms with Crippen LogP contribution < -0.4 is 5.32 Å². The number of aromatic nitrogens is 5. The van der Waals surface area contributed by atoms with Crippen LogP contribution in [-0.4, -0.2) is 30.1 Å². The largest absolute Gasteiger partial charge is 0.507 e. The summed E-state index contributed by atoms with van der Waals surface area (Å²) in [6.07, 6.45) is 2.15. The Kier molecular flexibility index (Phi) is 4.53. The van der Waals surface area contributed by atoms with Gasteiger partial charge in [0.15, 0.2) is 5.82 Å². The number of aromatic hydroxyl groups is 1. The van der Waals surface area contributed by atoms with Gasteiger partial charge in [-0.3, -0.25) is 9.67 Å². The number of nitrogens with one attached hydrogen (secondary N) is 1. The van der Waals surface area contributed by atoms with Crippen LogP contribution in [0.2, 0.25) is 0 Å². The van der Waals surface area contributed by atoms with Crippen molar-refractivity contribution in [3.05, 3.63) is 60.2 Å². The SMILES string of the molecule is Cn1cc(CNc2nnc(-c3ccc(C(F)(F)F)cc3O)c3ccncc23)cn1. The van der Waals surface area contributed by atoms with E-state index in [1.807, 2.05) is 13.2 Å².